The zero-order chi connectivity index (χ0) is 10.8. The number of alkyl halides is 1. The van der Waals surface area contributed by atoms with Crippen LogP contribution >= 0.6 is 22.6 Å². The van der Waals surface area contributed by atoms with Crippen LogP contribution < -0.4 is 0 Å². The summed E-state index contributed by atoms with van der Waals surface area (Å²) in [7, 11) is 0. The van der Waals surface area contributed by atoms with Gasteiger partial charge in [-0.25, -0.2) is 0 Å². The molecule has 0 bridgehead atoms. The van der Waals surface area contributed by atoms with Gasteiger partial charge in [-0.3, -0.25) is 0 Å². The standard InChI is InChI=1S/C12H25IO/c1-4-6-7-12(5-2)10-14-9-11(3)8-13/h11-12H,4-10H2,1-3H3. The van der Waals surface area contributed by atoms with E-state index in [0.29, 0.717) is 5.92 Å². The highest BCUT2D eigenvalue weighted by molar-refractivity contribution is 14.1. The van der Waals surface area contributed by atoms with Gasteiger partial charge >= 0.3 is 0 Å². The van der Waals surface area contributed by atoms with Crippen LogP contribution in [0.25, 0.3) is 0 Å². The molecule has 86 valence electrons. The molecule has 0 aliphatic carbocycles. The van der Waals surface area contributed by atoms with E-state index in [1.807, 2.05) is 0 Å². The lowest BCUT2D eigenvalue weighted by Gasteiger charge is -2.16. The topological polar surface area (TPSA) is 9.23 Å². The Kier molecular flexibility index (Phi) is 10.7. The summed E-state index contributed by atoms with van der Waals surface area (Å²) in [4.78, 5) is 0. The summed E-state index contributed by atoms with van der Waals surface area (Å²) in [6, 6.07) is 0. The average Bonchev–Trinajstić information content (AvgIpc) is 2.22. The van der Waals surface area contributed by atoms with Crippen molar-refractivity contribution in [3.63, 3.8) is 0 Å². The molecule has 0 amide bonds. The van der Waals surface area contributed by atoms with E-state index >= 15 is 0 Å². The SMILES string of the molecule is CCCCC(CC)COCC(C)CI. The molecule has 0 radical (unpaired) electrons. The molecule has 0 spiro atoms. The molecule has 2 atom stereocenters. The first-order chi connectivity index (χ1) is 6.74. The van der Waals surface area contributed by atoms with Gasteiger partial charge < -0.3 is 4.74 Å². The first kappa shape index (κ1) is 14.7. The normalized spacial score (nSPS) is 15.4. The molecule has 14 heavy (non-hydrogen) atoms. The molecule has 0 fully saturated rings. The van der Waals surface area contributed by atoms with Crippen LogP contribution in [0.15, 0.2) is 0 Å². The zero-order valence-corrected chi connectivity index (χ0v) is 12.0. The van der Waals surface area contributed by atoms with Crippen molar-refractivity contribution in [2.24, 2.45) is 11.8 Å². The molecule has 0 saturated carbocycles. The number of rotatable bonds is 9. The second-order valence-electron chi connectivity index (χ2n) is 4.21. The molecule has 0 aliphatic heterocycles. The molecular formula is C12H25IO. The summed E-state index contributed by atoms with van der Waals surface area (Å²) in [5, 5.41) is 0. The highest BCUT2D eigenvalue weighted by Gasteiger charge is 2.07. The minimum absolute atomic E-state index is 0.708. The van der Waals surface area contributed by atoms with Gasteiger partial charge in [-0.2, -0.15) is 0 Å². The van der Waals surface area contributed by atoms with Gasteiger partial charge in [0.05, 0.1) is 0 Å². The number of unbranched alkanes of at least 4 members (excludes halogenated alkanes) is 1. The molecule has 2 heteroatoms. The summed E-state index contributed by atoms with van der Waals surface area (Å²) in [5.74, 6) is 1.50. The smallest absolute Gasteiger partial charge is 0.0499 e. The van der Waals surface area contributed by atoms with E-state index in [9.17, 15) is 0 Å². The van der Waals surface area contributed by atoms with E-state index in [0.717, 1.165) is 19.1 Å². The summed E-state index contributed by atoms with van der Waals surface area (Å²) in [5.41, 5.74) is 0. The number of halogens is 1. The van der Waals surface area contributed by atoms with E-state index in [1.165, 1.54) is 30.1 Å². The third-order valence-corrected chi connectivity index (χ3v) is 4.07. The molecule has 0 N–H and O–H groups in total. The van der Waals surface area contributed by atoms with Gasteiger partial charge in [-0.15, -0.1) is 0 Å². The van der Waals surface area contributed by atoms with Crippen molar-refractivity contribution in [2.45, 2.75) is 46.5 Å². The Morgan fingerprint density at radius 2 is 1.93 bits per heavy atom. The van der Waals surface area contributed by atoms with E-state index in [-0.39, 0.29) is 0 Å². The van der Waals surface area contributed by atoms with E-state index in [4.69, 9.17) is 4.74 Å². The van der Waals surface area contributed by atoms with Crippen LogP contribution in [0.3, 0.4) is 0 Å². The van der Waals surface area contributed by atoms with Crippen molar-refractivity contribution in [1.82, 2.24) is 0 Å². The Morgan fingerprint density at radius 1 is 1.21 bits per heavy atom. The molecule has 2 unspecified atom stereocenters. The fourth-order valence-corrected chi connectivity index (χ4v) is 1.63. The summed E-state index contributed by atoms with van der Waals surface area (Å²) < 4.78 is 6.93. The van der Waals surface area contributed by atoms with Gasteiger partial charge in [-0.05, 0) is 18.3 Å². The van der Waals surface area contributed by atoms with E-state index in [1.54, 1.807) is 0 Å². The fraction of sp³-hybridized carbons (Fsp3) is 1.00. The molecule has 0 rings (SSSR count). The average molecular weight is 312 g/mol. The maximum atomic E-state index is 5.73. The quantitative estimate of drug-likeness (QED) is 0.456. The van der Waals surface area contributed by atoms with Gasteiger partial charge in [0.1, 0.15) is 0 Å². The third kappa shape index (κ3) is 8.04. The summed E-state index contributed by atoms with van der Waals surface area (Å²) >= 11 is 2.42. The molecule has 0 heterocycles. The minimum atomic E-state index is 0.708. The maximum Gasteiger partial charge on any atom is 0.0499 e. The summed E-state index contributed by atoms with van der Waals surface area (Å²) in [6.45, 7) is 8.68. The van der Waals surface area contributed by atoms with Crippen molar-refractivity contribution in [2.75, 3.05) is 17.6 Å². The predicted octanol–water partition coefficient (Wildman–Crippen LogP) is 4.29. The maximum absolute atomic E-state index is 5.73. The fourth-order valence-electron chi connectivity index (χ4n) is 1.38. The number of hydrogen-bond donors (Lipinski definition) is 0. The minimum Gasteiger partial charge on any atom is -0.381 e. The van der Waals surface area contributed by atoms with Crippen LogP contribution in [0.2, 0.25) is 0 Å². The monoisotopic (exact) mass is 312 g/mol. The molecular weight excluding hydrogens is 287 g/mol. The molecule has 1 nitrogen and oxygen atoms in total. The lowest BCUT2D eigenvalue weighted by molar-refractivity contribution is 0.0765. The van der Waals surface area contributed by atoms with Gasteiger partial charge in [0.15, 0.2) is 0 Å². The van der Waals surface area contributed by atoms with Crippen molar-refractivity contribution < 1.29 is 4.74 Å². The lowest BCUT2D eigenvalue weighted by atomic mass is 10.0. The third-order valence-electron chi connectivity index (χ3n) is 2.56. The first-order valence-corrected chi connectivity index (χ1v) is 7.40. The van der Waals surface area contributed by atoms with Crippen molar-refractivity contribution in [3.8, 4) is 0 Å². The van der Waals surface area contributed by atoms with Crippen molar-refractivity contribution in [3.05, 3.63) is 0 Å². The summed E-state index contributed by atoms with van der Waals surface area (Å²) in [6.07, 6.45) is 5.26. The highest BCUT2D eigenvalue weighted by Crippen LogP contribution is 2.13. The molecule has 0 aromatic heterocycles. The Morgan fingerprint density at radius 3 is 2.43 bits per heavy atom. The van der Waals surface area contributed by atoms with E-state index in [2.05, 4.69) is 43.4 Å². The first-order valence-electron chi connectivity index (χ1n) is 5.88. The van der Waals surface area contributed by atoms with Gasteiger partial charge in [0.25, 0.3) is 0 Å². The Hall–Kier alpha value is 0.690. The van der Waals surface area contributed by atoms with E-state index < -0.39 is 0 Å². The molecule has 0 aliphatic rings. The van der Waals surface area contributed by atoms with Crippen molar-refractivity contribution in [1.29, 1.82) is 0 Å². The van der Waals surface area contributed by atoms with Crippen LogP contribution in [0.5, 0.6) is 0 Å². The molecule has 0 saturated heterocycles. The van der Waals surface area contributed by atoms with Crippen LogP contribution in [0.4, 0.5) is 0 Å². The van der Waals surface area contributed by atoms with Crippen LogP contribution in [0, 0.1) is 11.8 Å². The van der Waals surface area contributed by atoms with Crippen LogP contribution in [-0.4, -0.2) is 17.6 Å². The van der Waals surface area contributed by atoms with Crippen LogP contribution in [-0.2, 0) is 4.74 Å². The lowest BCUT2D eigenvalue weighted by Crippen LogP contribution is -2.13. The van der Waals surface area contributed by atoms with Gasteiger partial charge in [0.2, 0.25) is 0 Å². The Labute approximate surface area is 103 Å². The van der Waals surface area contributed by atoms with Crippen LogP contribution in [0.1, 0.15) is 46.5 Å². The predicted molar refractivity (Wildman–Crippen MR) is 72.2 cm³/mol. The number of hydrogen-bond acceptors (Lipinski definition) is 1. The zero-order valence-electron chi connectivity index (χ0n) is 9.89. The van der Waals surface area contributed by atoms with Gasteiger partial charge in [-0.1, -0.05) is 62.6 Å². The molecule has 0 aromatic rings. The number of ether oxygens (including phenoxy) is 1. The molecule has 0 aromatic carbocycles. The Balaban J connectivity index is 3.42. The second kappa shape index (κ2) is 10.2. The highest BCUT2D eigenvalue weighted by atomic mass is 127. The second-order valence-corrected chi connectivity index (χ2v) is 5.09. The Bertz CT molecular complexity index is 117. The van der Waals surface area contributed by atoms with Crippen molar-refractivity contribution >= 4 is 22.6 Å². The van der Waals surface area contributed by atoms with Gasteiger partial charge in [0, 0.05) is 17.6 Å². The largest absolute Gasteiger partial charge is 0.381 e.